The average molecular weight is 246 g/mol. The minimum absolute atomic E-state index is 0.451. The number of hydrogen-bond acceptors (Lipinski definition) is 3. The first kappa shape index (κ1) is 12.2. The van der Waals surface area contributed by atoms with Crippen LogP contribution < -0.4 is 0 Å². The molecule has 3 heteroatoms. The summed E-state index contributed by atoms with van der Waals surface area (Å²) >= 11 is 0. The van der Waals surface area contributed by atoms with Crippen LogP contribution in [0.4, 0.5) is 0 Å². The van der Waals surface area contributed by atoms with Crippen molar-refractivity contribution in [2.45, 2.75) is 25.1 Å². The molecular formula is C15H22N2O. The van der Waals surface area contributed by atoms with Gasteiger partial charge >= 0.3 is 0 Å². The van der Waals surface area contributed by atoms with Crippen LogP contribution in [-0.2, 0) is 11.3 Å². The third-order valence-corrected chi connectivity index (χ3v) is 4.24. The minimum atomic E-state index is 0.451. The molecule has 0 bridgehead atoms. The molecule has 0 aromatic heterocycles. The zero-order chi connectivity index (χ0) is 12.4. The second kappa shape index (κ2) is 5.39. The normalized spacial score (nSPS) is 29.4. The first-order valence-electron chi connectivity index (χ1n) is 6.88. The molecular weight excluding hydrogens is 224 g/mol. The predicted molar refractivity (Wildman–Crippen MR) is 72.5 cm³/mol. The smallest absolute Gasteiger partial charge is 0.0713 e. The third-order valence-electron chi connectivity index (χ3n) is 4.24. The zero-order valence-corrected chi connectivity index (χ0v) is 11.1. The lowest BCUT2D eigenvalue weighted by atomic mass is 10.1. The third kappa shape index (κ3) is 2.58. The Balaban J connectivity index is 1.58. The van der Waals surface area contributed by atoms with Gasteiger partial charge in [-0.3, -0.25) is 9.80 Å². The quantitative estimate of drug-likeness (QED) is 0.805. The van der Waals surface area contributed by atoms with Crippen LogP contribution in [0.5, 0.6) is 0 Å². The Morgan fingerprint density at radius 3 is 2.78 bits per heavy atom. The summed E-state index contributed by atoms with van der Waals surface area (Å²) in [7, 11) is 1.84. The van der Waals surface area contributed by atoms with Crippen molar-refractivity contribution < 1.29 is 4.74 Å². The lowest BCUT2D eigenvalue weighted by molar-refractivity contribution is 0.0908. The van der Waals surface area contributed by atoms with Crippen LogP contribution in [0.25, 0.3) is 0 Å². The van der Waals surface area contributed by atoms with E-state index in [2.05, 4.69) is 40.1 Å². The maximum Gasteiger partial charge on any atom is 0.0713 e. The summed E-state index contributed by atoms with van der Waals surface area (Å²) in [5.41, 5.74) is 1.42. The topological polar surface area (TPSA) is 15.7 Å². The fourth-order valence-corrected chi connectivity index (χ4v) is 3.22. The van der Waals surface area contributed by atoms with Crippen LogP contribution in [0.2, 0.25) is 0 Å². The molecule has 2 fully saturated rings. The molecule has 0 amide bonds. The lowest BCUT2D eigenvalue weighted by Gasteiger charge is -2.37. The van der Waals surface area contributed by atoms with Crippen LogP contribution in [0.1, 0.15) is 12.0 Å². The van der Waals surface area contributed by atoms with Gasteiger partial charge in [0.1, 0.15) is 0 Å². The molecule has 2 aliphatic rings. The summed E-state index contributed by atoms with van der Waals surface area (Å²) in [5, 5.41) is 0. The summed E-state index contributed by atoms with van der Waals surface area (Å²) in [4.78, 5) is 5.17. The van der Waals surface area contributed by atoms with E-state index in [0.717, 1.165) is 13.1 Å². The van der Waals surface area contributed by atoms with E-state index in [0.29, 0.717) is 12.1 Å². The SMILES string of the molecule is CO[C@H]1C[C@@H]2CN(Cc3ccccc3)CCN2C1. The number of benzene rings is 1. The van der Waals surface area contributed by atoms with Gasteiger partial charge in [-0.2, -0.15) is 0 Å². The number of piperazine rings is 1. The molecule has 2 heterocycles. The molecule has 3 nitrogen and oxygen atoms in total. The Bertz CT molecular complexity index is 381. The first-order chi connectivity index (χ1) is 8.85. The number of rotatable bonds is 3. The highest BCUT2D eigenvalue weighted by Gasteiger charge is 2.35. The standard InChI is InChI=1S/C15H22N2O/c1-18-15-9-14-11-16(7-8-17(14)12-15)10-13-5-3-2-4-6-13/h2-6,14-15H,7-12H2,1H3/t14-,15+/m1/s1. The highest BCUT2D eigenvalue weighted by atomic mass is 16.5. The number of ether oxygens (including phenoxy) is 1. The molecule has 98 valence electrons. The van der Waals surface area contributed by atoms with E-state index < -0.39 is 0 Å². The molecule has 0 spiro atoms. The monoisotopic (exact) mass is 246 g/mol. The fourth-order valence-electron chi connectivity index (χ4n) is 3.22. The highest BCUT2D eigenvalue weighted by Crippen LogP contribution is 2.24. The van der Waals surface area contributed by atoms with E-state index in [1.165, 1.54) is 31.6 Å². The summed E-state index contributed by atoms with van der Waals surface area (Å²) in [5.74, 6) is 0. The second-order valence-electron chi connectivity index (χ2n) is 5.46. The molecule has 0 saturated carbocycles. The van der Waals surface area contributed by atoms with Crippen LogP contribution in [0.15, 0.2) is 30.3 Å². The first-order valence-corrected chi connectivity index (χ1v) is 6.88. The Kier molecular flexibility index (Phi) is 3.64. The van der Waals surface area contributed by atoms with Gasteiger partial charge in [-0.25, -0.2) is 0 Å². The van der Waals surface area contributed by atoms with Crippen molar-refractivity contribution in [3.05, 3.63) is 35.9 Å². The number of nitrogens with zero attached hydrogens (tertiary/aromatic N) is 2. The van der Waals surface area contributed by atoms with Gasteiger partial charge in [-0.15, -0.1) is 0 Å². The molecule has 0 unspecified atom stereocenters. The molecule has 0 N–H and O–H groups in total. The minimum Gasteiger partial charge on any atom is -0.380 e. The average Bonchev–Trinajstić information content (AvgIpc) is 2.82. The van der Waals surface area contributed by atoms with Gasteiger partial charge in [0.2, 0.25) is 0 Å². The molecule has 18 heavy (non-hydrogen) atoms. The largest absolute Gasteiger partial charge is 0.380 e. The molecule has 2 aliphatic heterocycles. The molecule has 3 rings (SSSR count). The molecule has 2 atom stereocenters. The van der Waals surface area contributed by atoms with E-state index >= 15 is 0 Å². The number of hydrogen-bond donors (Lipinski definition) is 0. The molecule has 1 aromatic rings. The second-order valence-corrected chi connectivity index (χ2v) is 5.46. The molecule has 0 radical (unpaired) electrons. The Morgan fingerprint density at radius 1 is 1.17 bits per heavy atom. The molecule has 1 aromatic carbocycles. The van der Waals surface area contributed by atoms with Gasteiger partial charge in [0.15, 0.2) is 0 Å². The highest BCUT2D eigenvalue weighted by molar-refractivity contribution is 5.14. The Hall–Kier alpha value is -0.900. The Labute approximate surface area is 109 Å². The molecule has 0 aliphatic carbocycles. The summed E-state index contributed by atoms with van der Waals surface area (Å²) in [6, 6.07) is 11.5. The summed E-state index contributed by atoms with van der Waals surface area (Å²) < 4.78 is 5.50. The lowest BCUT2D eigenvalue weighted by Crippen LogP contribution is -2.49. The zero-order valence-electron chi connectivity index (χ0n) is 11.1. The van der Waals surface area contributed by atoms with Gasteiger partial charge in [0, 0.05) is 45.9 Å². The van der Waals surface area contributed by atoms with Crippen LogP contribution in [-0.4, -0.2) is 55.2 Å². The van der Waals surface area contributed by atoms with Crippen molar-refractivity contribution in [1.29, 1.82) is 0 Å². The van der Waals surface area contributed by atoms with Gasteiger partial charge in [0.25, 0.3) is 0 Å². The van der Waals surface area contributed by atoms with Crippen molar-refractivity contribution >= 4 is 0 Å². The summed E-state index contributed by atoms with van der Waals surface area (Å²) in [6.45, 7) is 5.77. The fraction of sp³-hybridized carbons (Fsp3) is 0.600. The van der Waals surface area contributed by atoms with Crippen LogP contribution in [0, 0.1) is 0 Å². The van der Waals surface area contributed by atoms with Gasteiger partial charge in [-0.05, 0) is 12.0 Å². The van der Waals surface area contributed by atoms with Gasteiger partial charge < -0.3 is 4.74 Å². The maximum absolute atomic E-state index is 5.50. The van der Waals surface area contributed by atoms with Crippen LogP contribution in [0.3, 0.4) is 0 Å². The van der Waals surface area contributed by atoms with Crippen molar-refractivity contribution in [3.63, 3.8) is 0 Å². The van der Waals surface area contributed by atoms with Gasteiger partial charge in [0.05, 0.1) is 6.10 Å². The van der Waals surface area contributed by atoms with E-state index in [1.54, 1.807) is 0 Å². The van der Waals surface area contributed by atoms with Crippen molar-refractivity contribution in [2.24, 2.45) is 0 Å². The van der Waals surface area contributed by atoms with Crippen molar-refractivity contribution in [1.82, 2.24) is 9.80 Å². The predicted octanol–water partition coefficient (Wildman–Crippen LogP) is 1.59. The summed E-state index contributed by atoms with van der Waals surface area (Å²) in [6.07, 6.45) is 1.65. The van der Waals surface area contributed by atoms with E-state index in [-0.39, 0.29) is 0 Å². The molecule has 2 saturated heterocycles. The number of fused-ring (bicyclic) bond motifs is 1. The van der Waals surface area contributed by atoms with Crippen molar-refractivity contribution in [3.8, 4) is 0 Å². The van der Waals surface area contributed by atoms with Gasteiger partial charge in [-0.1, -0.05) is 30.3 Å². The maximum atomic E-state index is 5.50. The van der Waals surface area contributed by atoms with E-state index in [4.69, 9.17) is 4.74 Å². The number of methoxy groups -OCH3 is 1. The van der Waals surface area contributed by atoms with E-state index in [1.807, 2.05) is 7.11 Å². The van der Waals surface area contributed by atoms with E-state index in [9.17, 15) is 0 Å². The Morgan fingerprint density at radius 2 is 2.00 bits per heavy atom. The van der Waals surface area contributed by atoms with Crippen molar-refractivity contribution in [2.75, 3.05) is 33.3 Å². The van der Waals surface area contributed by atoms with Crippen LogP contribution >= 0.6 is 0 Å².